The predicted octanol–water partition coefficient (Wildman–Crippen LogP) is 2.19. The highest BCUT2D eigenvalue weighted by atomic mass is 28.5. The molecule has 0 heterocycles. The Morgan fingerprint density at radius 3 is 1.16 bits per heavy atom. The summed E-state index contributed by atoms with van der Waals surface area (Å²) in [6.45, 7) is 13.7. The van der Waals surface area contributed by atoms with Crippen LogP contribution in [0.5, 0.6) is 0 Å². The van der Waals surface area contributed by atoms with Crippen molar-refractivity contribution in [2.24, 2.45) is 0 Å². The van der Waals surface area contributed by atoms with Gasteiger partial charge in [0.2, 0.25) is 0 Å². The molecule has 0 saturated carbocycles. The summed E-state index contributed by atoms with van der Waals surface area (Å²) < 4.78 is 34.2. The van der Waals surface area contributed by atoms with E-state index in [9.17, 15) is 0 Å². The minimum absolute atomic E-state index is 0.453. The van der Waals surface area contributed by atoms with E-state index in [4.69, 9.17) is 26.2 Å². The predicted molar refractivity (Wildman–Crippen MR) is 76.6 cm³/mol. The zero-order valence-electron chi connectivity index (χ0n) is 13.0. The maximum Gasteiger partial charge on any atom is 0.672 e. The molecule has 0 atom stereocenters. The van der Waals surface area contributed by atoms with Gasteiger partial charge in [0.15, 0.2) is 0 Å². The molecule has 0 aliphatic carbocycles. The molecule has 6 nitrogen and oxygen atoms in total. The first-order chi connectivity index (χ1) is 9.01. The average Bonchev–Trinajstić information content (AvgIpc) is 2.30. The molecule has 0 aromatic carbocycles. The first-order valence-corrected chi connectivity index (χ1v) is 10.8. The monoisotopic (exact) mass is 312 g/mol. The van der Waals surface area contributed by atoms with Crippen molar-refractivity contribution in [2.45, 2.75) is 41.2 Å². The van der Waals surface area contributed by atoms with E-state index in [-0.39, 0.29) is 0 Å². The molecule has 0 aliphatic rings. The van der Waals surface area contributed by atoms with Gasteiger partial charge < -0.3 is 26.2 Å². The van der Waals surface area contributed by atoms with Crippen molar-refractivity contribution in [2.75, 3.05) is 33.0 Å². The van der Waals surface area contributed by atoms with E-state index in [2.05, 4.69) is 0 Å². The fourth-order valence-electron chi connectivity index (χ4n) is 1.60. The second kappa shape index (κ2) is 10.00. The van der Waals surface area contributed by atoms with Crippen LogP contribution in [0.1, 0.15) is 34.6 Å². The van der Waals surface area contributed by atoms with E-state index in [1.54, 1.807) is 0 Å². The van der Waals surface area contributed by atoms with Crippen LogP contribution in [0.3, 0.4) is 0 Å². The largest absolute Gasteiger partial charge is 0.672 e. The van der Waals surface area contributed by atoms with Gasteiger partial charge in [-0.3, -0.25) is 0 Å². The Morgan fingerprint density at radius 2 is 0.895 bits per heavy atom. The number of rotatable bonds is 12. The lowest BCUT2D eigenvalue weighted by Gasteiger charge is -2.34. The summed E-state index contributed by atoms with van der Waals surface area (Å²) in [6, 6.07) is 0. The molecule has 0 amide bonds. The third kappa shape index (κ3) is 6.95. The lowest BCUT2D eigenvalue weighted by molar-refractivity contribution is -0.0203. The molecule has 0 bridgehead atoms. The van der Waals surface area contributed by atoms with Crippen molar-refractivity contribution >= 4 is 17.9 Å². The number of hydrogen-bond donors (Lipinski definition) is 0. The first kappa shape index (κ1) is 19.2. The molecule has 0 unspecified atom stereocenters. The SMILES string of the molecule is CCO[Si](C)(OCC)O[Si](OCC)(OCC)OCC. The lowest BCUT2D eigenvalue weighted by Crippen LogP contribution is -2.59. The third-order valence-electron chi connectivity index (χ3n) is 2.09. The van der Waals surface area contributed by atoms with E-state index in [0.717, 1.165) is 0 Å². The maximum atomic E-state index is 5.99. The third-order valence-corrected chi connectivity index (χ3v) is 8.12. The summed E-state index contributed by atoms with van der Waals surface area (Å²) in [5.41, 5.74) is 0. The molecule has 0 radical (unpaired) electrons. The van der Waals surface area contributed by atoms with E-state index < -0.39 is 17.9 Å². The van der Waals surface area contributed by atoms with Crippen molar-refractivity contribution < 1.29 is 26.2 Å². The van der Waals surface area contributed by atoms with Gasteiger partial charge >= 0.3 is 17.9 Å². The van der Waals surface area contributed by atoms with E-state index >= 15 is 0 Å². The van der Waals surface area contributed by atoms with Crippen LogP contribution in [-0.2, 0) is 26.2 Å². The highest BCUT2D eigenvalue weighted by Gasteiger charge is 2.54. The Balaban J connectivity index is 4.99. The quantitative estimate of drug-likeness (QED) is 0.515. The van der Waals surface area contributed by atoms with Gasteiger partial charge in [0.1, 0.15) is 0 Å². The first-order valence-electron chi connectivity index (χ1n) is 6.91. The van der Waals surface area contributed by atoms with Crippen molar-refractivity contribution in [3.05, 3.63) is 0 Å². The van der Waals surface area contributed by atoms with Crippen LogP contribution in [0, 0.1) is 0 Å². The lowest BCUT2D eigenvalue weighted by atomic mass is 10.9. The standard InChI is InChI=1S/C11H28O6Si2/c1-7-12-18(6,13-8-2)17-19(14-9-3,15-10-4)16-11-5/h7-11H2,1-6H3. The molecular formula is C11H28O6Si2. The van der Waals surface area contributed by atoms with E-state index in [0.29, 0.717) is 33.0 Å². The van der Waals surface area contributed by atoms with Gasteiger partial charge in [-0.25, -0.2) is 0 Å². The van der Waals surface area contributed by atoms with Gasteiger partial charge in [0.05, 0.1) is 0 Å². The van der Waals surface area contributed by atoms with Crippen LogP contribution in [0.4, 0.5) is 0 Å². The average molecular weight is 313 g/mol. The molecule has 0 aromatic heterocycles. The second-order valence-corrected chi connectivity index (χ2v) is 8.61. The van der Waals surface area contributed by atoms with Crippen LogP contribution >= 0.6 is 0 Å². The minimum Gasteiger partial charge on any atom is -0.374 e. The van der Waals surface area contributed by atoms with Gasteiger partial charge in [-0.05, 0) is 34.6 Å². The van der Waals surface area contributed by atoms with Gasteiger partial charge in [-0.15, -0.1) is 0 Å². The summed E-state index contributed by atoms with van der Waals surface area (Å²) in [7, 11) is -6.00. The van der Waals surface area contributed by atoms with Crippen LogP contribution in [0.15, 0.2) is 0 Å². The van der Waals surface area contributed by atoms with E-state index in [1.807, 2.05) is 41.2 Å². The van der Waals surface area contributed by atoms with Gasteiger partial charge in [0.25, 0.3) is 0 Å². The summed E-state index contributed by atoms with van der Waals surface area (Å²) in [5.74, 6) is 0. The molecule has 8 heteroatoms. The Labute approximate surface area is 119 Å². The molecule has 0 aromatic rings. The fourth-order valence-corrected chi connectivity index (χ4v) is 7.03. The maximum absolute atomic E-state index is 5.99. The van der Waals surface area contributed by atoms with Crippen LogP contribution in [0.2, 0.25) is 6.55 Å². The van der Waals surface area contributed by atoms with E-state index in [1.165, 1.54) is 0 Å². The van der Waals surface area contributed by atoms with Gasteiger partial charge in [-0.1, -0.05) is 0 Å². The summed E-state index contributed by atoms with van der Waals surface area (Å²) >= 11 is 0. The molecule has 0 rings (SSSR count). The summed E-state index contributed by atoms with van der Waals surface area (Å²) in [4.78, 5) is 0. The molecular weight excluding hydrogens is 284 g/mol. The fraction of sp³-hybridized carbons (Fsp3) is 1.00. The normalized spacial score (nSPS) is 12.9. The summed E-state index contributed by atoms with van der Waals surface area (Å²) in [6.07, 6.45) is 0. The smallest absolute Gasteiger partial charge is 0.374 e. The Hall–Kier alpha value is 0.194. The van der Waals surface area contributed by atoms with Crippen molar-refractivity contribution in [1.82, 2.24) is 0 Å². The molecule has 0 N–H and O–H groups in total. The second-order valence-electron chi connectivity index (χ2n) is 3.63. The van der Waals surface area contributed by atoms with Crippen LogP contribution in [-0.4, -0.2) is 50.9 Å². The highest BCUT2D eigenvalue weighted by molar-refractivity contribution is 6.71. The molecule has 0 fully saturated rings. The van der Waals surface area contributed by atoms with Crippen LogP contribution in [0.25, 0.3) is 0 Å². The molecule has 116 valence electrons. The topological polar surface area (TPSA) is 55.4 Å². The van der Waals surface area contributed by atoms with Crippen LogP contribution < -0.4 is 0 Å². The molecule has 0 saturated heterocycles. The minimum atomic E-state index is -3.19. The van der Waals surface area contributed by atoms with Gasteiger partial charge in [0, 0.05) is 39.6 Å². The highest BCUT2D eigenvalue weighted by Crippen LogP contribution is 2.20. The van der Waals surface area contributed by atoms with Crippen molar-refractivity contribution in [3.8, 4) is 0 Å². The summed E-state index contributed by atoms with van der Waals surface area (Å²) in [5, 5.41) is 0. The Morgan fingerprint density at radius 1 is 0.579 bits per heavy atom. The molecule has 19 heavy (non-hydrogen) atoms. The molecule has 0 aliphatic heterocycles. The Kier molecular flexibility index (Phi) is 10.1. The molecule has 0 spiro atoms. The Bertz CT molecular complexity index is 206. The van der Waals surface area contributed by atoms with Crippen molar-refractivity contribution in [3.63, 3.8) is 0 Å². The van der Waals surface area contributed by atoms with Gasteiger partial charge in [-0.2, -0.15) is 0 Å². The number of hydrogen-bond acceptors (Lipinski definition) is 6. The zero-order chi connectivity index (χ0) is 14.8. The van der Waals surface area contributed by atoms with Crippen molar-refractivity contribution in [1.29, 1.82) is 0 Å². The zero-order valence-corrected chi connectivity index (χ0v) is 15.0.